The average Bonchev–Trinajstić information content (AvgIpc) is 3.73. The van der Waals surface area contributed by atoms with E-state index in [1.165, 1.54) is 20.9 Å². The third-order valence-electron chi connectivity index (χ3n) is 13.4. The Hall–Kier alpha value is -7.01. The number of nitrogens with one attached hydrogen (secondary N) is 1. The molecule has 1 amide bonds. The Balaban J connectivity index is 1.04. The standard InChI is InChI=1S/C46H45FN10O6/c1-26-39-40(55-18-17-54(44(55)60)35-13-12-34-32(37(35)47)25-48-52(34)4)38(27-6-9-31(61-5)10-7-27)50-56(39)20-19-53(26)41(58)36-23-30-22-28(29-14-21-62-45(2,3)24-29)8-11-33(30)57(36)46(15-16-46)42-49-43(59)63-51-42/h6-13,17-18,22-23,25-26,29H,14-16,19-21,24H2,1-5H3,(H,49,51,59)/t26?,29-/m1/s1. The fourth-order valence-electron chi connectivity index (χ4n) is 10.0. The number of H-pyrrole nitrogens is 1. The molecule has 1 saturated carbocycles. The summed E-state index contributed by atoms with van der Waals surface area (Å²) in [4.78, 5) is 46.9. The molecular weight excluding hydrogens is 808 g/mol. The first-order valence-corrected chi connectivity index (χ1v) is 21.2. The Morgan fingerprint density at radius 3 is 2.49 bits per heavy atom. The van der Waals surface area contributed by atoms with Crippen molar-refractivity contribution in [1.82, 2.24) is 48.3 Å². The van der Waals surface area contributed by atoms with Crippen LogP contribution in [0.4, 0.5) is 4.39 Å². The van der Waals surface area contributed by atoms with Crippen molar-refractivity contribution in [3.05, 3.63) is 129 Å². The Morgan fingerprint density at radius 1 is 0.984 bits per heavy atom. The molecule has 3 aromatic carbocycles. The number of amides is 1. The van der Waals surface area contributed by atoms with Gasteiger partial charge in [-0.25, -0.2) is 14.0 Å². The monoisotopic (exact) mass is 852 g/mol. The van der Waals surface area contributed by atoms with Gasteiger partial charge in [0.05, 0.1) is 53.8 Å². The maximum Gasteiger partial charge on any atom is 0.438 e. The lowest BCUT2D eigenvalue weighted by molar-refractivity contribution is -0.0592. The van der Waals surface area contributed by atoms with Gasteiger partial charge in [0.1, 0.15) is 28.4 Å². The molecule has 0 bridgehead atoms. The van der Waals surface area contributed by atoms with Crippen LogP contribution in [0, 0.1) is 5.82 Å². The molecule has 1 unspecified atom stereocenters. The van der Waals surface area contributed by atoms with Crippen LogP contribution in [0.2, 0.25) is 0 Å². The zero-order chi connectivity index (χ0) is 43.5. The Bertz CT molecular complexity index is 3250. The number of rotatable bonds is 8. The van der Waals surface area contributed by atoms with Crippen molar-refractivity contribution in [3.8, 4) is 28.4 Å². The first-order valence-electron chi connectivity index (χ1n) is 21.2. The van der Waals surface area contributed by atoms with Crippen LogP contribution in [0.25, 0.3) is 44.4 Å². The third kappa shape index (κ3) is 6.03. The quantitative estimate of drug-likeness (QED) is 0.178. The van der Waals surface area contributed by atoms with E-state index in [1.54, 1.807) is 43.4 Å². The van der Waals surface area contributed by atoms with Crippen molar-refractivity contribution >= 4 is 27.7 Å². The lowest BCUT2D eigenvalue weighted by atomic mass is 9.83. The SMILES string of the molecule is COc1ccc(-c2nn3c(c2-n2ccn(-c4ccc5c(cnn5C)c4F)c2=O)C(C)N(C(=O)c2cc4cc([C@@H]5CCOC(C)(C)C5)ccc4n2C2(c4noc(=O)[nH]4)CC2)CC3)cc1. The van der Waals surface area contributed by atoms with Gasteiger partial charge in [0, 0.05) is 49.1 Å². The van der Waals surface area contributed by atoms with Crippen molar-refractivity contribution in [1.29, 1.82) is 0 Å². The van der Waals surface area contributed by atoms with Crippen LogP contribution in [-0.2, 0) is 23.9 Å². The fraction of sp³-hybridized carbons (Fsp3) is 0.348. The second-order valence-corrected chi connectivity index (χ2v) is 17.6. The van der Waals surface area contributed by atoms with Crippen molar-refractivity contribution in [3.63, 3.8) is 0 Å². The predicted molar refractivity (Wildman–Crippen MR) is 230 cm³/mol. The topological polar surface area (TPSA) is 165 Å². The minimum Gasteiger partial charge on any atom is -0.497 e. The minimum atomic E-state index is -0.793. The number of methoxy groups -OCH3 is 1. The number of benzene rings is 3. The molecule has 1 saturated heterocycles. The number of fused-ring (bicyclic) bond motifs is 3. The van der Waals surface area contributed by atoms with Gasteiger partial charge in [-0.1, -0.05) is 11.2 Å². The normalized spacial score (nSPS) is 19.2. The first kappa shape index (κ1) is 38.9. The predicted octanol–water partition coefficient (Wildman–Crippen LogP) is 6.58. The van der Waals surface area contributed by atoms with Gasteiger partial charge in [-0.3, -0.25) is 32.8 Å². The second kappa shape index (κ2) is 14.0. The molecular formula is C46H45FN10O6. The van der Waals surface area contributed by atoms with Crippen LogP contribution in [0.5, 0.6) is 5.75 Å². The van der Waals surface area contributed by atoms with Gasteiger partial charge in [-0.05, 0) is 113 Å². The second-order valence-electron chi connectivity index (χ2n) is 17.6. The molecule has 2 fully saturated rings. The lowest BCUT2D eigenvalue weighted by Crippen LogP contribution is -2.43. The summed E-state index contributed by atoms with van der Waals surface area (Å²) < 4.78 is 40.8. The van der Waals surface area contributed by atoms with E-state index in [-0.39, 0.29) is 23.1 Å². The largest absolute Gasteiger partial charge is 0.497 e. The molecule has 7 heterocycles. The van der Waals surface area contributed by atoms with E-state index in [9.17, 15) is 9.59 Å². The van der Waals surface area contributed by atoms with Crippen LogP contribution in [-0.4, -0.2) is 80.1 Å². The van der Waals surface area contributed by atoms with E-state index in [1.807, 2.05) is 51.4 Å². The number of imidazole rings is 1. The lowest BCUT2D eigenvalue weighted by Gasteiger charge is -2.35. The highest BCUT2D eigenvalue weighted by Gasteiger charge is 2.52. The van der Waals surface area contributed by atoms with Crippen LogP contribution >= 0.6 is 0 Å². The molecule has 5 aromatic heterocycles. The molecule has 3 aliphatic rings. The number of carbonyl (C=O) groups excluding carboxylic acids is 1. The number of nitrogens with zero attached hydrogens (tertiary/aromatic N) is 9. The summed E-state index contributed by atoms with van der Waals surface area (Å²) in [7, 11) is 3.32. The summed E-state index contributed by atoms with van der Waals surface area (Å²) in [5.41, 5.74) is 3.93. The fourth-order valence-corrected chi connectivity index (χ4v) is 10.0. The van der Waals surface area contributed by atoms with Crippen LogP contribution in [0.3, 0.4) is 0 Å². The summed E-state index contributed by atoms with van der Waals surface area (Å²) in [5, 5.41) is 14.6. The van der Waals surface area contributed by atoms with Crippen molar-refractivity contribution < 1.29 is 23.2 Å². The third-order valence-corrected chi connectivity index (χ3v) is 13.4. The van der Waals surface area contributed by atoms with E-state index in [0.717, 1.165) is 29.3 Å². The zero-order valence-corrected chi connectivity index (χ0v) is 35.5. The molecule has 17 heteroatoms. The van der Waals surface area contributed by atoms with Crippen molar-refractivity contribution in [2.24, 2.45) is 7.05 Å². The van der Waals surface area contributed by atoms with E-state index in [2.05, 4.69) is 47.3 Å². The molecule has 8 aromatic rings. The highest BCUT2D eigenvalue weighted by atomic mass is 19.1. The number of aromatic nitrogens is 9. The molecule has 1 aliphatic carbocycles. The summed E-state index contributed by atoms with van der Waals surface area (Å²) in [6, 6.07) is 18.5. The number of hydrogen-bond donors (Lipinski definition) is 1. The van der Waals surface area contributed by atoms with E-state index < -0.39 is 28.8 Å². The average molecular weight is 853 g/mol. The number of aryl methyl sites for hydroxylation is 1. The van der Waals surface area contributed by atoms with E-state index in [4.69, 9.17) is 19.1 Å². The summed E-state index contributed by atoms with van der Waals surface area (Å²) >= 11 is 0. The molecule has 63 heavy (non-hydrogen) atoms. The maximum absolute atomic E-state index is 16.1. The van der Waals surface area contributed by atoms with Gasteiger partial charge in [-0.2, -0.15) is 10.2 Å². The molecule has 16 nitrogen and oxygen atoms in total. The number of ether oxygens (including phenoxy) is 2. The maximum atomic E-state index is 16.1. The first-order chi connectivity index (χ1) is 30.4. The summed E-state index contributed by atoms with van der Waals surface area (Å²) in [6.45, 7) is 7.49. The summed E-state index contributed by atoms with van der Waals surface area (Å²) in [5.74, 6) is -0.149. The number of hydrogen-bond acceptors (Lipinski definition) is 9. The van der Waals surface area contributed by atoms with Gasteiger partial charge < -0.3 is 18.9 Å². The Morgan fingerprint density at radius 2 is 1.76 bits per heavy atom. The summed E-state index contributed by atoms with van der Waals surface area (Å²) in [6.07, 6.45) is 7.64. The molecule has 322 valence electrons. The molecule has 0 spiro atoms. The Labute approximate surface area is 359 Å². The number of aromatic amines is 1. The van der Waals surface area contributed by atoms with Crippen molar-refractivity contribution in [2.75, 3.05) is 20.3 Å². The minimum absolute atomic E-state index is 0.0788. The number of carbonyl (C=O) groups is 1. The van der Waals surface area contributed by atoms with Gasteiger partial charge in [0.2, 0.25) is 0 Å². The molecule has 2 atom stereocenters. The smallest absolute Gasteiger partial charge is 0.438 e. The Kier molecular flexibility index (Phi) is 8.64. The highest BCUT2D eigenvalue weighted by molar-refractivity contribution is 6.00. The van der Waals surface area contributed by atoms with Crippen LogP contribution in [0.1, 0.15) is 86.0 Å². The van der Waals surface area contributed by atoms with Gasteiger partial charge in [-0.15, -0.1) is 0 Å². The number of halogens is 1. The zero-order valence-electron chi connectivity index (χ0n) is 35.5. The van der Waals surface area contributed by atoms with Gasteiger partial charge in [0.15, 0.2) is 11.6 Å². The molecule has 1 N–H and O–H groups in total. The molecule has 0 radical (unpaired) electrons. The molecule has 2 aliphatic heterocycles. The van der Waals surface area contributed by atoms with Gasteiger partial charge >= 0.3 is 11.4 Å². The molecule has 11 rings (SSSR count). The van der Waals surface area contributed by atoms with Crippen LogP contribution in [0.15, 0.2) is 93.4 Å². The van der Waals surface area contributed by atoms with Crippen molar-refractivity contribution in [2.45, 2.75) is 76.1 Å². The van der Waals surface area contributed by atoms with E-state index >= 15 is 9.18 Å². The van der Waals surface area contributed by atoms with Crippen LogP contribution < -0.4 is 16.2 Å². The van der Waals surface area contributed by atoms with E-state index in [0.29, 0.717) is 77.8 Å². The van der Waals surface area contributed by atoms with Gasteiger partial charge in [0.25, 0.3) is 5.91 Å². The highest BCUT2D eigenvalue weighted by Crippen LogP contribution is 2.51.